The Morgan fingerprint density at radius 1 is 1.22 bits per heavy atom. The molecular formula is C19H17ClF3NO3. The van der Waals surface area contributed by atoms with Crippen LogP contribution in [0.4, 0.5) is 13.2 Å². The highest BCUT2D eigenvalue weighted by Gasteiger charge is 2.60. The number of hydrogen-bond donors (Lipinski definition) is 2. The minimum Gasteiger partial charge on any atom is -0.422 e. The number of aryl methyl sites for hydroxylation is 1. The second kappa shape index (κ2) is 6.42. The highest BCUT2D eigenvalue weighted by molar-refractivity contribution is 6.31. The summed E-state index contributed by atoms with van der Waals surface area (Å²) in [7, 11) is 0. The summed E-state index contributed by atoms with van der Waals surface area (Å²) in [5, 5.41) is 11.3. The van der Waals surface area contributed by atoms with Crippen molar-refractivity contribution in [2.45, 2.75) is 39.0 Å². The van der Waals surface area contributed by atoms with Crippen LogP contribution in [0.25, 0.3) is 11.0 Å². The Labute approximate surface area is 157 Å². The van der Waals surface area contributed by atoms with Crippen molar-refractivity contribution in [2.75, 3.05) is 0 Å². The van der Waals surface area contributed by atoms with E-state index in [9.17, 15) is 23.1 Å². The number of alkyl halides is 3. The number of rotatable bonds is 3. The van der Waals surface area contributed by atoms with E-state index < -0.39 is 28.7 Å². The van der Waals surface area contributed by atoms with Crippen LogP contribution >= 0.6 is 11.6 Å². The molecule has 3 rings (SSSR count). The zero-order valence-electron chi connectivity index (χ0n) is 14.8. The van der Waals surface area contributed by atoms with Gasteiger partial charge in [0.15, 0.2) is 0 Å². The van der Waals surface area contributed by atoms with E-state index in [1.807, 2.05) is 0 Å². The maximum atomic E-state index is 14.1. The molecule has 0 aliphatic carbocycles. The Hall–Kier alpha value is -2.25. The van der Waals surface area contributed by atoms with Gasteiger partial charge in [-0.3, -0.25) is 0 Å². The van der Waals surface area contributed by atoms with Gasteiger partial charge in [0.1, 0.15) is 5.58 Å². The van der Waals surface area contributed by atoms with Gasteiger partial charge >= 0.3 is 11.8 Å². The molecular weight excluding hydrogens is 383 g/mol. The lowest BCUT2D eigenvalue weighted by Crippen LogP contribution is -2.47. The quantitative estimate of drug-likeness (QED) is 0.624. The summed E-state index contributed by atoms with van der Waals surface area (Å²) in [6.45, 7) is 4.90. The Morgan fingerprint density at radius 2 is 1.89 bits per heavy atom. The first kappa shape index (κ1) is 19.5. The Morgan fingerprint density at radius 3 is 2.44 bits per heavy atom. The molecule has 0 aliphatic heterocycles. The van der Waals surface area contributed by atoms with Gasteiger partial charge in [-0.2, -0.15) is 13.2 Å². The van der Waals surface area contributed by atoms with E-state index in [1.165, 1.54) is 25.1 Å². The van der Waals surface area contributed by atoms with Gasteiger partial charge in [-0.1, -0.05) is 18.5 Å². The van der Waals surface area contributed by atoms with Gasteiger partial charge in [0.05, 0.1) is 11.3 Å². The molecule has 0 fully saturated rings. The topological polar surface area (TPSA) is 66.2 Å². The molecule has 1 unspecified atom stereocenters. The van der Waals surface area contributed by atoms with Crippen molar-refractivity contribution in [2.24, 2.45) is 0 Å². The first-order valence-corrected chi connectivity index (χ1v) is 8.60. The van der Waals surface area contributed by atoms with E-state index in [1.54, 1.807) is 13.8 Å². The molecule has 3 aromatic rings. The van der Waals surface area contributed by atoms with Crippen LogP contribution in [-0.4, -0.2) is 16.3 Å². The number of halogens is 4. The van der Waals surface area contributed by atoms with Crippen LogP contribution < -0.4 is 5.63 Å². The summed E-state index contributed by atoms with van der Waals surface area (Å²) in [5.41, 5.74) is -4.75. The lowest BCUT2D eigenvalue weighted by Gasteiger charge is -2.30. The Bertz CT molecular complexity index is 1080. The third-order valence-corrected chi connectivity index (χ3v) is 5.04. The molecule has 144 valence electrons. The molecule has 2 heterocycles. The van der Waals surface area contributed by atoms with Crippen LogP contribution in [-0.2, 0) is 12.0 Å². The standard InChI is InChI=1S/C19H17ClF3NO3/c1-4-13-9(2)16(24-10(13)3)18(26,19(21,22)23)14-8-11-7-12(20)5-6-15(11)27-17(14)25/h5-8,24,26H,4H2,1-3H3. The van der Waals surface area contributed by atoms with E-state index in [2.05, 4.69) is 4.98 Å². The molecule has 0 radical (unpaired) electrons. The van der Waals surface area contributed by atoms with Gasteiger partial charge in [0.2, 0.25) is 5.60 Å². The van der Waals surface area contributed by atoms with E-state index in [-0.39, 0.29) is 21.6 Å². The second-order valence-corrected chi connectivity index (χ2v) is 6.86. The summed E-state index contributed by atoms with van der Waals surface area (Å²) in [6, 6.07) is 5.18. The first-order valence-electron chi connectivity index (χ1n) is 8.22. The highest BCUT2D eigenvalue weighted by Crippen LogP contribution is 2.45. The first-order chi connectivity index (χ1) is 12.5. The SMILES string of the molecule is CCc1c(C)[nH]c(C(O)(c2cc3cc(Cl)ccc3oc2=O)C(F)(F)F)c1C. The number of hydrogen-bond acceptors (Lipinski definition) is 3. The summed E-state index contributed by atoms with van der Waals surface area (Å²) in [6.07, 6.45) is -4.69. The van der Waals surface area contributed by atoms with E-state index in [4.69, 9.17) is 16.0 Å². The molecule has 2 aromatic heterocycles. The zero-order chi connectivity index (χ0) is 20.1. The normalized spacial score (nSPS) is 14.5. The smallest absolute Gasteiger partial charge is 0.422 e. The van der Waals surface area contributed by atoms with Crippen LogP contribution in [0.15, 0.2) is 33.5 Å². The van der Waals surface area contributed by atoms with Gasteiger partial charge in [0.25, 0.3) is 0 Å². The van der Waals surface area contributed by atoms with Gasteiger partial charge in [-0.05, 0) is 55.7 Å². The van der Waals surface area contributed by atoms with Crippen molar-refractivity contribution in [1.29, 1.82) is 0 Å². The lowest BCUT2D eigenvalue weighted by molar-refractivity contribution is -0.250. The van der Waals surface area contributed by atoms with Crippen molar-refractivity contribution >= 4 is 22.6 Å². The average Bonchev–Trinajstić information content (AvgIpc) is 2.87. The molecule has 0 bridgehead atoms. The van der Waals surface area contributed by atoms with Crippen molar-refractivity contribution in [1.82, 2.24) is 4.98 Å². The lowest BCUT2D eigenvalue weighted by atomic mass is 9.87. The number of aromatic nitrogens is 1. The third kappa shape index (κ3) is 2.95. The Balaban J connectivity index is 2.39. The number of fused-ring (bicyclic) bond motifs is 1. The summed E-state index contributed by atoms with van der Waals surface area (Å²) in [4.78, 5) is 15.0. The average molecular weight is 400 g/mol. The molecule has 1 aromatic carbocycles. The molecule has 0 saturated heterocycles. The van der Waals surface area contributed by atoms with Crippen molar-refractivity contribution < 1.29 is 22.7 Å². The maximum Gasteiger partial charge on any atom is 0.427 e. The van der Waals surface area contributed by atoms with E-state index in [0.717, 1.165) is 6.07 Å². The molecule has 2 N–H and O–H groups in total. The number of nitrogens with one attached hydrogen (secondary N) is 1. The molecule has 4 nitrogen and oxygen atoms in total. The Kier molecular flexibility index (Phi) is 4.64. The maximum absolute atomic E-state index is 14.1. The van der Waals surface area contributed by atoms with Crippen LogP contribution in [0.2, 0.25) is 5.02 Å². The number of benzene rings is 1. The van der Waals surface area contributed by atoms with Crippen LogP contribution in [0.5, 0.6) is 0 Å². The zero-order valence-corrected chi connectivity index (χ0v) is 15.5. The largest absolute Gasteiger partial charge is 0.427 e. The predicted molar refractivity (Wildman–Crippen MR) is 96.2 cm³/mol. The highest BCUT2D eigenvalue weighted by atomic mass is 35.5. The molecule has 27 heavy (non-hydrogen) atoms. The van der Waals surface area contributed by atoms with E-state index >= 15 is 0 Å². The molecule has 1 atom stereocenters. The molecule has 0 aliphatic rings. The van der Waals surface area contributed by atoms with Crippen LogP contribution in [0.1, 0.15) is 35.0 Å². The van der Waals surface area contributed by atoms with Gasteiger partial charge in [0, 0.05) is 16.1 Å². The fourth-order valence-electron chi connectivity index (χ4n) is 3.46. The molecule has 0 spiro atoms. The van der Waals surface area contributed by atoms with Gasteiger partial charge < -0.3 is 14.5 Å². The number of H-pyrrole nitrogens is 1. The summed E-state index contributed by atoms with van der Waals surface area (Å²) >= 11 is 5.89. The van der Waals surface area contributed by atoms with Crippen molar-refractivity contribution in [3.63, 3.8) is 0 Å². The van der Waals surface area contributed by atoms with Gasteiger partial charge in [-0.15, -0.1) is 0 Å². The van der Waals surface area contributed by atoms with Gasteiger partial charge in [-0.25, -0.2) is 4.79 Å². The monoisotopic (exact) mass is 399 g/mol. The molecule has 0 amide bonds. The minimum atomic E-state index is -5.17. The summed E-state index contributed by atoms with van der Waals surface area (Å²) < 4.78 is 47.3. The molecule has 0 saturated carbocycles. The number of aliphatic hydroxyl groups is 1. The third-order valence-electron chi connectivity index (χ3n) is 4.80. The minimum absolute atomic E-state index is 0.0753. The molecule has 8 heteroatoms. The van der Waals surface area contributed by atoms with E-state index in [0.29, 0.717) is 17.7 Å². The number of aromatic amines is 1. The van der Waals surface area contributed by atoms with Crippen LogP contribution in [0.3, 0.4) is 0 Å². The van der Waals surface area contributed by atoms with Crippen molar-refractivity contribution in [3.8, 4) is 0 Å². The van der Waals surface area contributed by atoms with Crippen molar-refractivity contribution in [3.05, 3.63) is 67.8 Å². The fourth-order valence-corrected chi connectivity index (χ4v) is 3.64. The summed E-state index contributed by atoms with van der Waals surface area (Å²) in [5.74, 6) is 0. The van der Waals surface area contributed by atoms with Crippen LogP contribution in [0, 0.1) is 13.8 Å². The predicted octanol–water partition coefficient (Wildman–Crippen LogP) is 4.75. The second-order valence-electron chi connectivity index (χ2n) is 6.42. The fraction of sp³-hybridized carbons (Fsp3) is 0.316.